The highest BCUT2D eigenvalue weighted by Gasteiger charge is 2.44. The summed E-state index contributed by atoms with van der Waals surface area (Å²) in [5.74, 6) is 0.268. The molecule has 0 saturated heterocycles. The molecular formula is C20H18F3N5O2. The smallest absolute Gasteiger partial charge is 0.406 e. The monoisotopic (exact) mass is 417 g/mol. The van der Waals surface area contributed by atoms with Crippen LogP contribution in [0, 0.1) is 6.92 Å². The normalized spacial score (nSPS) is 19.1. The minimum atomic E-state index is -4.77. The fourth-order valence-electron chi connectivity index (χ4n) is 3.26. The van der Waals surface area contributed by atoms with Gasteiger partial charge in [0.15, 0.2) is 11.9 Å². The fourth-order valence-corrected chi connectivity index (χ4v) is 3.26. The molecule has 0 bridgehead atoms. The number of rotatable bonds is 5. The van der Waals surface area contributed by atoms with Gasteiger partial charge in [0.2, 0.25) is 0 Å². The minimum absolute atomic E-state index is 0.196. The summed E-state index contributed by atoms with van der Waals surface area (Å²) in [7, 11) is 0. The van der Waals surface area contributed by atoms with Crippen LogP contribution >= 0.6 is 0 Å². The van der Waals surface area contributed by atoms with Crippen molar-refractivity contribution in [2.24, 2.45) is 5.73 Å². The van der Waals surface area contributed by atoms with Crippen LogP contribution in [0.1, 0.15) is 22.6 Å². The standard InChI is InChI=1S/C20H18F3N5O2/c1-13-2-4-14(5-3-13)11-28-17(24)10-19(27-28,18-25-12-26-30-18)15-6-8-16(9-7-15)29-20(21,22)23/h2-10,12,27H,11,24H2,1H3. The number of hydrogen-bond acceptors (Lipinski definition) is 7. The summed E-state index contributed by atoms with van der Waals surface area (Å²) < 4.78 is 46.7. The van der Waals surface area contributed by atoms with Crippen molar-refractivity contribution in [2.75, 3.05) is 0 Å². The van der Waals surface area contributed by atoms with Crippen LogP contribution in [0.25, 0.3) is 0 Å². The number of nitrogens with two attached hydrogens (primary N) is 1. The third kappa shape index (κ3) is 3.94. The van der Waals surface area contributed by atoms with Gasteiger partial charge in [-0.15, -0.1) is 13.2 Å². The van der Waals surface area contributed by atoms with Crippen molar-refractivity contribution >= 4 is 0 Å². The number of halogens is 3. The average Bonchev–Trinajstić information content (AvgIpc) is 3.32. The molecule has 7 nitrogen and oxygen atoms in total. The van der Waals surface area contributed by atoms with Gasteiger partial charge in [-0.2, -0.15) is 4.98 Å². The highest BCUT2D eigenvalue weighted by molar-refractivity contribution is 5.42. The number of hydrogen-bond donors (Lipinski definition) is 2. The fraction of sp³-hybridized carbons (Fsp3) is 0.200. The first-order valence-corrected chi connectivity index (χ1v) is 8.98. The van der Waals surface area contributed by atoms with Gasteiger partial charge in [0.05, 0.1) is 6.54 Å². The molecule has 1 unspecified atom stereocenters. The van der Waals surface area contributed by atoms with Crippen molar-refractivity contribution in [1.82, 2.24) is 20.6 Å². The van der Waals surface area contributed by atoms with Crippen molar-refractivity contribution in [3.8, 4) is 5.75 Å². The highest BCUT2D eigenvalue weighted by atomic mass is 19.4. The predicted molar refractivity (Wildman–Crippen MR) is 100 cm³/mol. The van der Waals surface area contributed by atoms with Gasteiger partial charge < -0.3 is 15.0 Å². The summed E-state index contributed by atoms with van der Waals surface area (Å²) in [6.07, 6.45) is -1.84. The van der Waals surface area contributed by atoms with Gasteiger partial charge in [-0.1, -0.05) is 47.1 Å². The molecule has 4 rings (SSSR count). The zero-order valence-electron chi connectivity index (χ0n) is 15.8. The first kappa shape index (κ1) is 19.8. The van der Waals surface area contributed by atoms with Gasteiger partial charge in [0.1, 0.15) is 11.6 Å². The van der Waals surface area contributed by atoms with E-state index >= 15 is 0 Å². The van der Waals surface area contributed by atoms with Crippen LogP contribution in [0.15, 0.2) is 71.3 Å². The van der Waals surface area contributed by atoms with Crippen LogP contribution in [-0.2, 0) is 12.1 Å². The maximum atomic E-state index is 12.5. The second kappa shape index (κ2) is 7.38. The molecule has 2 aromatic carbocycles. The molecule has 1 aliphatic heterocycles. The molecule has 0 spiro atoms. The van der Waals surface area contributed by atoms with Gasteiger partial charge in [0, 0.05) is 0 Å². The molecule has 1 aromatic heterocycles. The first-order chi connectivity index (χ1) is 14.2. The van der Waals surface area contributed by atoms with Crippen molar-refractivity contribution in [3.05, 3.63) is 89.3 Å². The van der Waals surface area contributed by atoms with Gasteiger partial charge in [0.25, 0.3) is 5.89 Å². The zero-order chi connectivity index (χ0) is 21.4. The summed E-state index contributed by atoms with van der Waals surface area (Å²) in [4.78, 5) is 4.14. The lowest BCUT2D eigenvalue weighted by molar-refractivity contribution is -0.274. The molecule has 2 heterocycles. The molecule has 0 saturated carbocycles. The topological polar surface area (TPSA) is 89.4 Å². The van der Waals surface area contributed by atoms with E-state index in [1.54, 1.807) is 11.1 Å². The van der Waals surface area contributed by atoms with E-state index in [0.29, 0.717) is 17.9 Å². The van der Waals surface area contributed by atoms with Crippen LogP contribution in [0.2, 0.25) is 0 Å². The lowest BCUT2D eigenvalue weighted by Crippen LogP contribution is -2.46. The van der Waals surface area contributed by atoms with E-state index in [1.165, 1.54) is 30.6 Å². The van der Waals surface area contributed by atoms with Gasteiger partial charge in [-0.3, -0.25) is 5.01 Å². The highest BCUT2D eigenvalue weighted by Crippen LogP contribution is 2.37. The Bertz CT molecular complexity index is 1030. The Hall–Kier alpha value is -3.53. The van der Waals surface area contributed by atoms with E-state index in [0.717, 1.165) is 11.1 Å². The lowest BCUT2D eigenvalue weighted by atomic mass is 9.90. The largest absolute Gasteiger partial charge is 0.573 e. The number of ether oxygens (including phenoxy) is 1. The number of aromatic nitrogens is 2. The molecule has 156 valence electrons. The Morgan fingerprint density at radius 2 is 1.83 bits per heavy atom. The molecule has 0 amide bonds. The molecule has 1 atom stereocenters. The summed E-state index contributed by atoms with van der Waals surface area (Å²) >= 11 is 0. The van der Waals surface area contributed by atoms with Crippen LogP contribution in [0.4, 0.5) is 13.2 Å². The van der Waals surface area contributed by atoms with E-state index in [1.807, 2.05) is 31.2 Å². The molecule has 3 aromatic rings. The van der Waals surface area contributed by atoms with Gasteiger partial charge >= 0.3 is 6.36 Å². The van der Waals surface area contributed by atoms with Crippen LogP contribution < -0.4 is 15.9 Å². The van der Waals surface area contributed by atoms with Crippen molar-refractivity contribution in [3.63, 3.8) is 0 Å². The van der Waals surface area contributed by atoms with Crippen molar-refractivity contribution in [2.45, 2.75) is 25.4 Å². The molecular weight excluding hydrogens is 399 g/mol. The maximum Gasteiger partial charge on any atom is 0.573 e. The Morgan fingerprint density at radius 1 is 1.13 bits per heavy atom. The lowest BCUT2D eigenvalue weighted by Gasteiger charge is -2.29. The third-order valence-electron chi connectivity index (χ3n) is 4.69. The van der Waals surface area contributed by atoms with E-state index < -0.39 is 11.9 Å². The Balaban J connectivity index is 1.65. The Morgan fingerprint density at radius 3 is 2.43 bits per heavy atom. The third-order valence-corrected chi connectivity index (χ3v) is 4.69. The second-order valence-corrected chi connectivity index (χ2v) is 6.88. The molecule has 0 radical (unpaired) electrons. The number of benzene rings is 2. The first-order valence-electron chi connectivity index (χ1n) is 8.98. The Labute approximate surface area is 169 Å². The molecule has 0 aliphatic carbocycles. The SMILES string of the molecule is Cc1ccc(CN2NC(c3ccc(OC(F)(F)F)cc3)(c3ncno3)C=C2N)cc1. The molecule has 30 heavy (non-hydrogen) atoms. The quantitative estimate of drug-likeness (QED) is 0.658. The summed E-state index contributed by atoms with van der Waals surface area (Å²) in [6.45, 7) is 2.45. The summed E-state index contributed by atoms with van der Waals surface area (Å²) in [5, 5.41) is 5.38. The summed E-state index contributed by atoms with van der Waals surface area (Å²) in [6, 6.07) is 13.4. The molecule has 0 fully saturated rings. The number of nitrogens with zero attached hydrogens (tertiary/aromatic N) is 3. The number of hydrazine groups is 1. The minimum Gasteiger partial charge on any atom is -0.406 e. The second-order valence-electron chi connectivity index (χ2n) is 6.88. The van der Waals surface area contributed by atoms with Gasteiger partial charge in [-0.05, 0) is 36.3 Å². The maximum absolute atomic E-state index is 12.5. The molecule has 10 heteroatoms. The molecule has 3 N–H and O–H groups in total. The number of aryl methyl sites for hydroxylation is 1. The average molecular weight is 417 g/mol. The zero-order valence-corrected chi connectivity index (χ0v) is 15.8. The summed E-state index contributed by atoms with van der Waals surface area (Å²) in [5.41, 5.74) is 11.1. The predicted octanol–water partition coefficient (Wildman–Crippen LogP) is 3.34. The Kier molecular flexibility index (Phi) is 4.86. The van der Waals surface area contributed by atoms with Crippen LogP contribution in [0.3, 0.4) is 0 Å². The van der Waals surface area contributed by atoms with Crippen LogP contribution in [0.5, 0.6) is 5.75 Å². The number of nitrogens with one attached hydrogen (secondary N) is 1. The van der Waals surface area contributed by atoms with E-state index in [-0.39, 0.29) is 11.6 Å². The number of alkyl halides is 3. The van der Waals surface area contributed by atoms with Crippen molar-refractivity contribution in [1.29, 1.82) is 0 Å². The van der Waals surface area contributed by atoms with E-state index in [4.69, 9.17) is 10.3 Å². The van der Waals surface area contributed by atoms with Crippen molar-refractivity contribution < 1.29 is 22.4 Å². The molecule has 1 aliphatic rings. The van der Waals surface area contributed by atoms with Gasteiger partial charge in [-0.25, -0.2) is 5.43 Å². The van der Waals surface area contributed by atoms with Crippen LogP contribution in [-0.4, -0.2) is 21.5 Å². The van der Waals surface area contributed by atoms with E-state index in [9.17, 15) is 13.2 Å². The van der Waals surface area contributed by atoms with E-state index in [2.05, 4.69) is 20.3 Å².